The van der Waals surface area contributed by atoms with Crippen LogP contribution in [0.4, 0.5) is 0 Å². The summed E-state index contributed by atoms with van der Waals surface area (Å²) in [6, 6.07) is 0.604. The van der Waals surface area contributed by atoms with Gasteiger partial charge in [-0.15, -0.1) is 24.0 Å². The van der Waals surface area contributed by atoms with Crippen LogP contribution < -0.4 is 11.1 Å². The molecule has 0 aromatic heterocycles. The molecule has 1 aliphatic carbocycles. The van der Waals surface area contributed by atoms with E-state index in [4.69, 9.17) is 5.73 Å². The molecule has 0 amide bonds. The maximum absolute atomic E-state index is 5.99. The molecule has 2 fully saturated rings. The lowest BCUT2D eigenvalue weighted by Gasteiger charge is -2.30. The molecule has 1 unspecified atom stereocenters. The molecule has 3 N–H and O–H groups in total. The van der Waals surface area contributed by atoms with Crippen molar-refractivity contribution in [2.75, 3.05) is 19.6 Å². The minimum absolute atomic E-state index is 0. The van der Waals surface area contributed by atoms with Gasteiger partial charge in [-0.25, -0.2) is 0 Å². The van der Waals surface area contributed by atoms with Crippen molar-refractivity contribution in [2.45, 2.75) is 77.3 Å². The highest BCUT2D eigenvalue weighted by molar-refractivity contribution is 14.0. The zero-order valence-corrected chi connectivity index (χ0v) is 16.9. The number of rotatable bonds is 4. The molecular formula is C17H35IN4. The summed E-state index contributed by atoms with van der Waals surface area (Å²) in [6.45, 7) is 9.72. The van der Waals surface area contributed by atoms with Gasteiger partial charge < -0.3 is 11.1 Å². The van der Waals surface area contributed by atoms with Gasteiger partial charge in [0.05, 0.1) is 6.54 Å². The van der Waals surface area contributed by atoms with Gasteiger partial charge in [-0.05, 0) is 58.9 Å². The number of nitrogens with one attached hydrogen (secondary N) is 1. The lowest BCUT2D eigenvalue weighted by atomic mass is 9.89. The Morgan fingerprint density at radius 2 is 1.82 bits per heavy atom. The largest absolute Gasteiger partial charge is 0.370 e. The molecule has 1 aliphatic heterocycles. The van der Waals surface area contributed by atoms with Crippen LogP contribution in [0.1, 0.15) is 65.7 Å². The molecule has 1 atom stereocenters. The molecule has 130 valence electrons. The fourth-order valence-corrected chi connectivity index (χ4v) is 3.67. The Morgan fingerprint density at radius 1 is 1.14 bits per heavy atom. The maximum Gasteiger partial charge on any atom is 0.189 e. The van der Waals surface area contributed by atoms with Crippen LogP contribution in [-0.2, 0) is 0 Å². The number of nitrogens with zero attached hydrogens (tertiary/aromatic N) is 2. The first-order valence-electron chi connectivity index (χ1n) is 8.76. The molecular weight excluding hydrogens is 387 g/mol. The van der Waals surface area contributed by atoms with Crippen molar-refractivity contribution in [3.63, 3.8) is 0 Å². The van der Waals surface area contributed by atoms with Gasteiger partial charge in [0, 0.05) is 18.1 Å². The topological polar surface area (TPSA) is 53.6 Å². The molecule has 5 heteroatoms. The monoisotopic (exact) mass is 422 g/mol. The van der Waals surface area contributed by atoms with Crippen molar-refractivity contribution in [3.05, 3.63) is 0 Å². The van der Waals surface area contributed by atoms with E-state index in [0.717, 1.165) is 12.5 Å². The first-order chi connectivity index (χ1) is 9.94. The number of guanidine groups is 1. The van der Waals surface area contributed by atoms with Gasteiger partial charge in [-0.2, -0.15) is 0 Å². The Hall–Kier alpha value is -0.0400. The zero-order valence-electron chi connectivity index (χ0n) is 14.6. The van der Waals surface area contributed by atoms with E-state index in [-0.39, 0.29) is 29.5 Å². The lowest BCUT2D eigenvalue weighted by Crippen LogP contribution is -2.45. The van der Waals surface area contributed by atoms with Gasteiger partial charge in [0.2, 0.25) is 0 Å². The number of likely N-dealkylation sites (tertiary alicyclic amines) is 1. The van der Waals surface area contributed by atoms with E-state index >= 15 is 0 Å². The predicted octanol–water partition coefficient (Wildman–Crippen LogP) is 3.35. The molecule has 0 bridgehead atoms. The van der Waals surface area contributed by atoms with Crippen LogP contribution in [-0.4, -0.2) is 42.1 Å². The molecule has 2 rings (SSSR count). The average molecular weight is 422 g/mol. The fraction of sp³-hybridized carbons (Fsp3) is 0.941. The van der Waals surface area contributed by atoms with E-state index in [1.807, 2.05) is 0 Å². The third-order valence-electron chi connectivity index (χ3n) is 4.69. The molecule has 1 saturated heterocycles. The summed E-state index contributed by atoms with van der Waals surface area (Å²) in [5.74, 6) is 1.51. The highest BCUT2D eigenvalue weighted by atomic mass is 127. The van der Waals surface area contributed by atoms with Crippen LogP contribution >= 0.6 is 24.0 Å². The van der Waals surface area contributed by atoms with Crippen molar-refractivity contribution >= 4 is 29.9 Å². The summed E-state index contributed by atoms with van der Waals surface area (Å²) in [5.41, 5.74) is 5.98. The minimum atomic E-state index is -0.00889. The molecule has 1 heterocycles. The second-order valence-corrected chi connectivity index (χ2v) is 7.90. The van der Waals surface area contributed by atoms with E-state index in [1.165, 1.54) is 58.0 Å². The Kier molecular flexibility index (Phi) is 8.46. The number of aliphatic imine (C=N–C) groups is 1. The van der Waals surface area contributed by atoms with E-state index in [9.17, 15) is 0 Å². The summed E-state index contributed by atoms with van der Waals surface area (Å²) in [6.07, 6.45) is 9.77. The molecule has 0 aromatic carbocycles. The van der Waals surface area contributed by atoms with E-state index in [0.29, 0.717) is 12.0 Å². The van der Waals surface area contributed by atoms with Crippen molar-refractivity contribution in [1.82, 2.24) is 10.2 Å². The SMILES string of the molecule is CC(C)(C)NC(N)=NCC1CCCN1CC1CCCCC1.I. The minimum Gasteiger partial charge on any atom is -0.370 e. The highest BCUT2D eigenvalue weighted by Crippen LogP contribution is 2.27. The first-order valence-corrected chi connectivity index (χ1v) is 8.76. The van der Waals surface area contributed by atoms with E-state index < -0.39 is 0 Å². The molecule has 2 aliphatic rings. The van der Waals surface area contributed by atoms with Crippen LogP contribution in [0, 0.1) is 5.92 Å². The van der Waals surface area contributed by atoms with Crippen LogP contribution in [0.25, 0.3) is 0 Å². The van der Waals surface area contributed by atoms with Gasteiger partial charge in [0.25, 0.3) is 0 Å². The van der Waals surface area contributed by atoms with Crippen molar-refractivity contribution in [2.24, 2.45) is 16.6 Å². The quantitative estimate of drug-likeness (QED) is 0.415. The summed E-state index contributed by atoms with van der Waals surface area (Å²) >= 11 is 0. The van der Waals surface area contributed by atoms with Crippen LogP contribution in [0.2, 0.25) is 0 Å². The molecule has 1 saturated carbocycles. The Labute approximate surface area is 153 Å². The van der Waals surface area contributed by atoms with Gasteiger partial charge in [-0.1, -0.05) is 19.3 Å². The molecule has 22 heavy (non-hydrogen) atoms. The average Bonchev–Trinajstić information content (AvgIpc) is 2.83. The van der Waals surface area contributed by atoms with Gasteiger partial charge in [-0.3, -0.25) is 9.89 Å². The standard InChI is InChI=1S/C17H34N4.HI/c1-17(2,3)20-16(18)19-12-15-10-7-11-21(15)13-14-8-5-4-6-9-14;/h14-15H,4-13H2,1-3H3,(H3,18,19,20);1H. The van der Waals surface area contributed by atoms with E-state index in [1.54, 1.807) is 0 Å². The molecule has 4 nitrogen and oxygen atoms in total. The normalized spacial score (nSPS) is 25.0. The Balaban J connectivity index is 0.00000242. The summed E-state index contributed by atoms with van der Waals surface area (Å²) in [7, 11) is 0. The van der Waals surface area contributed by atoms with Gasteiger partial charge >= 0.3 is 0 Å². The Bertz CT molecular complexity index is 345. The molecule has 0 spiro atoms. The van der Waals surface area contributed by atoms with E-state index in [2.05, 4.69) is 36.0 Å². The van der Waals surface area contributed by atoms with Crippen LogP contribution in [0.5, 0.6) is 0 Å². The maximum atomic E-state index is 5.99. The third kappa shape index (κ3) is 7.02. The second kappa shape index (κ2) is 9.30. The zero-order chi connectivity index (χ0) is 15.3. The van der Waals surface area contributed by atoms with Crippen LogP contribution in [0.15, 0.2) is 4.99 Å². The molecule has 0 radical (unpaired) electrons. The smallest absolute Gasteiger partial charge is 0.189 e. The highest BCUT2D eigenvalue weighted by Gasteiger charge is 2.27. The third-order valence-corrected chi connectivity index (χ3v) is 4.69. The lowest BCUT2D eigenvalue weighted by molar-refractivity contribution is 0.191. The summed E-state index contributed by atoms with van der Waals surface area (Å²) in [4.78, 5) is 7.25. The molecule has 0 aromatic rings. The number of halogens is 1. The fourth-order valence-electron chi connectivity index (χ4n) is 3.67. The Morgan fingerprint density at radius 3 is 2.45 bits per heavy atom. The number of hydrogen-bond acceptors (Lipinski definition) is 2. The predicted molar refractivity (Wildman–Crippen MR) is 106 cm³/mol. The summed E-state index contributed by atoms with van der Waals surface area (Å²) in [5, 5.41) is 3.25. The number of hydrogen-bond donors (Lipinski definition) is 2. The van der Waals surface area contributed by atoms with Crippen molar-refractivity contribution in [3.8, 4) is 0 Å². The summed E-state index contributed by atoms with van der Waals surface area (Å²) < 4.78 is 0. The first kappa shape index (κ1) is 20.0. The number of nitrogens with two attached hydrogens (primary N) is 1. The second-order valence-electron chi connectivity index (χ2n) is 7.90. The van der Waals surface area contributed by atoms with Gasteiger partial charge in [0.1, 0.15) is 0 Å². The van der Waals surface area contributed by atoms with Crippen molar-refractivity contribution < 1.29 is 0 Å². The van der Waals surface area contributed by atoms with Crippen molar-refractivity contribution in [1.29, 1.82) is 0 Å². The van der Waals surface area contributed by atoms with Gasteiger partial charge in [0.15, 0.2) is 5.96 Å². The van der Waals surface area contributed by atoms with Crippen LogP contribution in [0.3, 0.4) is 0 Å².